The van der Waals surface area contributed by atoms with Gasteiger partial charge >= 0.3 is 0 Å². The highest BCUT2D eigenvalue weighted by Crippen LogP contribution is 2.33. The van der Waals surface area contributed by atoms with E-state index in [0.29, 0.717) is 22.5 Å². The minimum atomic E-state index is -3.82. The Labute approximate surface area is 172 Å². The summed E-state index contributed by atoms with van der Waals surface area (Å²) in [5, 5.41) is 4.22. The molecule has 1 aliphatic rings. The van der Waals surface area contributed by atoms with Gasteiger partial charge in [-0.2, -0.15) is 0 Å². The summed E-state index contributed by atoms with van der Waals surface area (Å²) < 4.78 is 46.7. The number of H-pyrrole nitrogens is 1. The van der Waals surface area contributed by atoms with Gasteiger partial charge in [0.05, 0.1) is 22.0 Å². The van der Waals surface area contributed by atoms with E-state index in [4.69, 9.17) is 4.52 Å². The molecule has 0 spiro atoms. The summed E-state index contributed by atoms with van der Waals surface area (Å²) in [7, 11) is -5.19. The van der Waals surface area contributed by atoms with Gasteiger partial charge in [0.25, 0.3) is 0 Å². The molecule has 4 rings (SSSR count). The monoisotopic (exact) mass is 436 g/mol. The fourth-order valence-electron chi connectivity index (χ4n) is 3.95. The van der Waals surface area contributed by atoms with E-state index >= 15 is 0 Å². The van der Waals surface area contributed by atoms with Crippen molar-refractivity contribution in [2.24, 2.45) is 0 Å². The van der Waals surface area contributed by atoms with Crippen LogP contribution in [0.1, 0.15) is 43.6 Å². The first-order valence-electron chi connectivity index (χ1n) is 9.59. The summed E-state index contributed by atoms with van der Waals surface area (Å²) in [5.74, 6) is 0.601. The van der Waals surface area contributed by atoms with E-state index in [2.05, 4.69) is 19.8 Å². The van der Waals surface area contributed by atoms with Gasteiger partial charge in [-0.05, 0) is 44.4 Å². The molecule has 8 nitrogen and oxygen atoms in total. The van der Waals surface area contributed by atoms with Gasteiger partial charge in [-0.3, -0.25) is 4.21 Å². The van der Waals surface area contributed by atoms with Crippen LogP contribution in [0.25, 0.3) is 22.2 Å². The molecule has 3 aromatic rings. The molecular formula is C19H24N4O4S2. The molecule has 2 heterocycles. The Kier molecular flexibility index (Phi) is 5.34. The Bertz CT molecular complexity index is 1170. The maximum atomic E-state index is 13.3. The van der Waals surface area contributed by atoms with Crippen LogP contribution >= 0.6 is 0 Å². The predicted octanol–water partition coefficient (Wildman–Crippen LogP) is 3.18. The number of nitrogens with one attached hydrogen (secondary N) is 2. The van der Waals surface area contributed by atoms with Gasteiger partial charge in [-0.15, -0.1) is 0 Å². The zero-order valence-electron chi connectivity index (χ0n) is 16.6. The van der Waals surface area contributed by atoms with Crippen LogP contribution in [0.5, 0.6) is 0 Å². The van der Waals surface area contributed by atoms with E-state index in [9.17, 15) is 12.6 Å². The number of sulfonamides is 1. The molecule has 0 aliphatic heterocycles. The largest absolute Gasteiger partial charge is 0.361 e. The Hall–Kier alpha value is -2.04. The average Bonchev–Trinajstić information content (AvgIpc) is 3.24. The number of aromatic amines is 1. The fourth-order valence-corrected chi connectivity index (χ4v) is 5.91. The maximum absolute atomic E-state index is 13.3. The third-order valence-corrected chi connectivity index (χ3v) is 7.61. The summed E-state index contributed by atoms with van der Waals surface area (Å²) in [5.41, 5.74) is 2.87. The van der Waals surface area contributed by atoms with Crippen molar-refractivity contribution in [1.29, 1.82) is 0 Å². The maximum Gasteiger partial charge on any atom is 0.243 e. The molecule has 1 unspecified atom stereocenters. The highest BCUT2D eigenvalue weighted by Gasteiger charge is 2.27. The van der Waals surface area contributed by atoms with Gasteiger partial charge in [0.2, 0.25) is 10.0 Å². The van der Waals surface area contributed by atoms with Crippen molar-refractivity contribution in [2.45, 2.75) is 62.0 Å². The highest BCUT2D eigenvalue weighted by atomic mass is 32.2. The standard InChI is InChI=1S/C19H24N4O4S2/c1-11-17(12(2)27-22-11)13-9-15-18(21-19(20-15)28(3)24)16(10-13)29(25,26)23-14-7-5-4-6-8-14/h9-10,14,23H,4-8H2,1-3H3,(H,20,21). The van der Waals surface area contributed by atoms with Crippen molar-refractivity contribution in [1.82, 2.24) is 19.8 Å². The van der Waals surface area contributed by atoms with Gasteiger partial charge in [-0.25, -0.2) is 18.1 Å². The minimum Gasteiger partial charge on any atom is -0.361 e. The Balaban J connectivity index is 1.89. The number of imidazole rings is 1. The molecule has 2 N–H and O–H groups in total. The van der Waals surface area contributed by atoms with Crippen molar-refractivity contribution in [3.05, 3.63) is 23.6 Å². The first kappa shape index (κ1) is 20.2. The number of aryl methyl sites for hydroxylation is 2. The lowest BCUT2D eigenvalue weighted by molar-refractivity contribution is 0.393. The minimum absolute atomic E-state index is 0.0727. The molecule has 0 amide bonds. The number of hydrogen-bond acceptors (Lipinski definition) is 6. The number of benzene rings is 1. The van der Waals surface area contributed by atoms with Crippen molar-refractivity contribution in [2.75, 3.05) is 6.26 Å². The quantitative estimate of drug-likeness (QED) is 0.634. The van der Waals surface area contributed by atoms with Crippen LogP contribution in [0.4, 0.5) is 0 Å². The van der Waals surface area contributed by atoms with Crippen molar-refractivity contribution in [3.8, 4) is 11.1 Å². The van der Waals surface area contributed by atoms with E-state index in [1.807, 2.05) is 6.92 Å². The Morgan fingerprint density at radius 3 is 2.55 bits per heavy atom. The zero-order valence-corrected chi connectivity index (χ0v) is 18.2. The van der Waals surface area contributed by atoms with Crippen LogP contribution in [0.2, 0.25) is 0 Å². The molecule has 1 atom stereocenters. The zero-order chi connectivity index (χ0) is 20.8. The molecule has 0 bridgehead atoms. The third-order valence-electron chi connectivity index (χ3n) is 5.34. The second kappa shape index (κ2) is 7.66. The molecule has 2 aromatic heterocycles. The summed E-state index contributed by atoms with van der Waals surface area (Å²) in [6.45, 7) is 3.59. The summed E-state index contributed by atoms with van der Waals surface area (Å²) in [6.07, 6.45) is 6.33. The normalized spacial score (nSPS) is 17.1. The van der Waals surface area contributed by atoms with E-state index in [1.165, 1.54) is 6.26 Å². The van der Waals surface area contributed by atoms with Gasteiger partial charge in [-0.1, -0.05) is 24.4 Å². The van der Waals surface area contributed by atoms with Crippen LogP contribution in [0, 0.1) is 13.8 Å². The number of hydrogen-bond donors (Lipinski definition) is 2. The molecule has 0 saturated heterocycles. The van der Waals surface area contributed by atoms with Crippen LogP contribution < -0.4 is 4.72 Å². The van der Waals surface area contributed by atoms with Crippen LogP contribution in [-0.4, -0.2) is 40.0 Å². The molecule has 156 valence electrons. The SMILES string of the molecule is Cc1noc(C)c1-c1cc(S(=O)(=O)NC2CCCCC2)c2nc(S(C)=O)[nH]c2c1. The molecule has 1 fully saturated rings. The topological polar surface area (TPSA) is 118 Å². The Morgan fingerprint density at radius 2 is 1.93 bits per heavy atom. The number of fused-ring (bicyclic) bond motifs is 1. The van der Waals surface area contributed by atoms with Crippen molar-refractivity contribution >= 4 is 31.9 Å². The number of aromatic nitrogens is 3. The van der Waals surface area contributed by atoms with Gasteiger partial charge in [0.1, 0.15) is 16.2 Å². The lowest BCUT2D eigenvalue weighted by Crippen LogP contribution is -2.36. The molecule has 10 heteroatoms. The second-order valence-electron chi connectivity index (χ2n) is 7.52. The molecule has 1 aromatic carbocycles. The summed E-state index contributed by atoms with van der Waals surface area (Å²) in [4.78, 5) is 7.40. The molecule has 1 saturated carbocycles. The molecular weight excluding hydrogens is 412 g/mol. The van der Waals surface area contributed by atoms with E-state index in [1.54, 1.807) is 19.1 Å². The van der Waals surface area contributed by atoms with Crippen LogP contribution in [-0.2, 0) is 20.8 Å². The smallest absolute Gasteiger partial charge is 0.243 e. The summed E-state index contributed by atoms with van der Waals surface area (Å²) in [6, 6.07) is 3.32. The fraction of sp³-hybridized carbons (Fsp3) is 0.474. The molecule has 1 aliphatic carbocycles. The van der Waals surface area contributed by atoms with Crippen molar-refractivity contribution < 1.29 is 17.1 Å². The first-order chi connectivity index (χ1) is 13.8. The van der Waals surface area contributed by atoms with Gasteiger partial charge in [0, 0.05) is 17.9 Å². The predicted molar refractivity (Wildman–Crippen MR) is 111 cm³/mol. The van der Waals surface area contributed by atoms with E-state index in [0.717, 1.165) is 37.7 Å². The highest BCUT2D eigenvalue weighted by molar-refractivity contribution is 7.89. The van der Waals surface area contributed by atoms with Crippen molar-refractivity contribution in [3.63, 3.8) is 0 Å². The van der Waals surface area contributed by atoms with Gasteiger partial charge < -0.3 is 9.51 Å². The van der Waals surface area contributed by atoms with Gasteiger partial charge in [0.15, 0.2) is 5.16 Å². The molecule has 29 heavy (non-hydrogen) atoms. The number of rotatable bonds is 5. The lowest BCUT2D eigenvalue weighted by atomic mass is 9.96. The van der Waals surface area contributed by atoms with Crippen LogP contribution in [0.15, 0.2) is 26.7 Å². The Morgan fingerprint density at radius 1 is 1.21 bits per heavy atom. The number of nitrogens with zero attached hydrogens (tertiary/aromatic N) is 2. The van der Waals surface area contributed by atoms with E-state index in [-0.39, 0.29) is 21.6 Å². The van der Waals surface area contributed by atoms with E-state index < -0.39 is 20.8 Å². The first-order valence-corrected chi connectivity index (χ1v) is 12.6. The second-order valence-corrected chi connectivity index (χ2v) is 10.5. The lowest BCUT2D eigenvalue weighted by Gasteiger charge is -2.22. The average molecular weight is 437 g/mol. The molecule has 0 radical (unpaired) electrons. The van der Waals surface area contributed by atoms with Crippen LogP contribution in [0.3, 0.4) is 0 Å². The third kappa shape index (κ3) is 3.88. The summed E-state index contributed by atoms with van der Waals surface area (Å²) >= 11 is 0.